The van der Waals surface area contributed by atoms with Crippen molar-refractivity contribution in [1.82, 2.24) is 4.57 Å². The number of hydrogen-bond acceptors (Lipinski definition) is 0. The first-order chi connectivity index (χ1) is 19.8. The highest BCUT2D eigenvalue weighted by Crippen LogP contribution is 2.38. The average Bonchev–Trinajstić information content (AvgIpc) is 3.27. The van der Waals surface area contributed by atoms with Crippen LogP contribution in [0.2, 0.25) is 0 Å². The van der Waals surface area contributed by atoms with Gasteiger partial charge in [0.1, 0.15) is 5.69 Å². The molecule has 3 nitrogen and oxygen atoms in total. The maximum Gasteiger partial charge on any atom is 0.295 e. The Morgan fingerprint density at radius 2 is 1.32 bits per heavy atom. The third-order valence-corrected chi connectivity index (χ3v) is 8.30. The van der Waals surface area contributed by atoms with E-state index in [2.05, 4.69) is 141 Å². The highest BCUT2D eigenvalue weighted by Gasteiger charge is 2.32. The highest BCUT2D eigenvalue weighted by atomic mass is 15.2. The topological polar surface area (TPSA) is 13.2 Å². The second kappa shape index (κ2) is 10.4. The van der Waals surface area contributed by atoms with Crippen LogP contribution in [0.4, 0.5) is 5.69 Å². The third kappa shape index (κ3) is 4.50. The van der Waals surface area contributed by atoms with Gasteiger partial charge in [-0.3, -0.25) is 0 Å². The van der Waals surface area contributed by atoms with Gasteiger partial charge in [0.25, 0.3) is 5.82 Å². The van der Waals surface area contributed by atoms with Crippen LogP contribution < -0.4 is 4.57 Å². The average molecular weight is 535 g/mol. The van der Waals surface area contributed by atoms with Crippen LogP contribution >= 0.6 is 0 Å². The molecule has 0 aliphatic rings. The minimum absolute atomic E-state index is 0.307. The monoisotopic (exact) mass is 534 g/mol. The molecule has 3 heteroatoms. The number of benzene rings is 5. The Morgan fingerprint density at radius 1 is 0.707 bits per heavy atom. The van der Waals surface area contributed by atoms with E-state index >= 15 is 0 Å². The molecule has 6 aromatic rings. The summed E-state index contributed by atoms with van der Waals surface area (Å²) in [6, 6.07) is 34.8. The van der Waals surface area contributed by atoms with Gasteiger partial charge in [0.2, 0.25) is 0 Å². The maximum absolute atomic E-state index is 7.70. The first-order valence-corrected chi connectivity index (χ1v) is 14.4. The van der Waals surface area contributed by atoms with Gasteiger partial charge in [-0.2, -0.15) is 4.57 Å². The van der Waals surface area contributed by atoms with Gasteiger partial charge in [-0.15, -0.1) is 0 Å². The van der Waals surface area contributed by atoms with Crippen molar-refractivity contribution < 1.29 is 4.57 Å². The fraction of sp³-hybridized carbons (Fsp3) is 0.211. The van der Waals surface area contributed by atoms with Crippen LogP contribution in [-0.2, 0) is 7.05 Å². The highest BCUT2D eigenvalue weighted by molar-refractivity contribution is 5.89. The van der Waals surface area contributed by atoms with Crippen molar-refractivity contribution >= 4 is 27.5 Å². The van der Waals surface area contributed by atoms with Gasteiger partial charge in [0.05, 0.1) is 19.2 Å². The van der Waals surface area contributed by atoms with Crippen LogP contribution in [0, 0.1) is 13.5 Å². The predicted molar refractivity (Wildman–Crippen MR) is 172 cm³/mol. The second-order valence-electron chi connectivity index (χ2n) is 11.7. The molecule has 0 atom stereocenters. The Kier molecular flexibility index (Phi) is 6.72. The molecule has 1 heterocycles. The fourth-order valence-corrected chi connectivity index (χ4v) is 6.16. The number of imidazole rings is 1. The largest absolute Gasteiger partial charge is 0.295 e. The number of fused-ring (bicyclic) bond motifs is 2. The number of aromatic nitrogens is 2. The summed E-state index contributed by atoms with van der Waals surface area (Å²) in [5.74, 6) is 1.74. The lowest BCUT2D eigenvalue weighted by molar-refractivity contribution is -0.557. The second-order valence-corrected chi connectivity index (χ2v) is 11.7. The first-order valence-electron chi connectivity index (χ1n) is 14.4. The van der Waals surface area contributed by atoms with Crippen molar-refractivity contribution in [2.75, 3.05) is 0 Å². The molecule has 6 rings (SSSR count). The minimum Gasteiger partial charge on any atom is -0.238 e. The van der Waals surface area contributed by atoms with Crippen molar-refractivity contribution in [3.8, 4) is 28.2 Å². The summed E-state index contributed by atoms with van der Waals surface area (Å²) in [6.07, 6.45) is 0. The van der Waals surface area contributed by atoms with Crippen LogP contribution in [-0.4, -0.2) is 4.57 Å². The zero-order valence-corrected chi connectivity index (χ0v) is 24.7. The van der Waals surface area contributed by atoms with Crippen molar-refractivity contribution in [3.63, 3.8) is 0 Å². The zero-order chi connectivity index (χ0) is 28.8. The van der Waals surface area contributed by atoms with E-state index in [0.717, 1.165) is 16.9 Å². The van der Waals surface area contributed by atoms with E-state index in [4.69, 9.17) is 6.57 Å². The number of nitrogens with zero attached hydrogens (tertiary/aromatic N) is 3. The summed E-state index contributed by atoms with van der Waals surface area (Å²) in [4.78, 5) is 3.77. The molecule has 0 aliphatic heterocycles. The van der Waals surface area contributed by atoms with E-state index in [0.29, 0.717) is 17.5 Å². The molecule has 0 radical (unpaired) electrons. The number of rotatable bonds is 5. The van der Waals surface area contributed by atoms with Crippen molar-refractivity contribution in [2.45, 2.75) is 46.5 Å². The van der Waals surface area contributed by atoms with Gasteiger partial charge >= 0.3 is 0 Å². The third-order valence-electron chi connectivity index (χ3n) is 8.30. The Labute approximate surface area is 243 Å². The smallest absolute Gasteiger partial charge is 0.238 e. The molecule has 0 unspecified atom stereocenters. The fourth-order valence-electron chi connectivity index (χ4n) is 6.16. The number of hydrogen-bond donors (Lipinski definition) is 0. The zero-order valence-electron chi connectivity index (χ0n) is 24.7. The van der Waals surface area contributed by atoms with Gasteiger partial charge in [-0.25, -0.2) is 9.41 Å². The summed E-state index contributed by atoms with van der Waals surface area (Å²) >= 11 is 0. The summed E-state index contributed by atoms with van der Waals surface area (Å²) in [7, 11) is 2.14. The van der Waals surface area contributed by atoms with Gasteiger partial charge in [-0.1, -0.05) is 94.4 Å². The number of aryl methyl sites for hydroxylation is 2. The summed E-state index contributed by atoms with van der Waals surface area (Å²) in [5, 5.41) is 2.46. The normalized spacial score (nSPS) is 11.6. The molecule has 1 aromatic heterocycles. The van der Waals surface area contributed by atoms with E-state index in [9.17, 15) is 0 Å². The van der Waals surface area contributed by atoms with Crippen LogP contribution in [0.5, 0.6) is 0 Å². The van der Waals surface area contributed by atoms with Gasteiger partial charge in [-0.05, 0) is 76.6 Å². The molecular weight excluding hydrogens is 498 g/mol. The predicted octanol–water partition coefficient (Wildman–Crippen LogP) is 10.0. The standard InChI is InChI=1S/C38H36N3/c1-24(2)32-21-30(27-13-9-8-10-14-27)22-33(25(3)4)37(32)41-35-18-17-31(39-6)23-36(35)40(7)38(41)34-20-29-16-12-11-15-28(29)19-26(34)5/h8-25H,1-5,7H3/q+1. The van der Waals surface area contributed by atoms with Crippen molar-refractivity contribution in [2.24, 2.45) is 7.05 Å². The molecule has 202 valence electrons. The lowest BCUT2D eigenvalue weighted by Crippen LogP contribution is -2.36. The van der Waals surface area contributed by atoms with Crippen LogP contribution in [0.1, 0.15) is 56.2 Å². The SMILES string of the molecule is [C-]#[N+]c1ccc2c(c1)n(C)c(-c1cc3ccccc3cc1C)[n+]2-c1c(C(C)C)cc(-c2ccccc2)cc1C(C)C. The Balaban J connectivity index is 1.78. The summed E-state index contributed by atoms with van der Waals surface area (Å²) in [5.41, 5.74) is 11.6. The summed E-state index contributed by atoms with van der Waals surface area (Å²) in [6.45, 7) is 19.1. The molecule has 0 amide bonds. The molecule has 0 N–H and O–H groups in total. The molecule has 41 heavy (non-hydrogen) atoms. The molecule has 0 fully saturated rings. The van der Waals surface area contributed by atoms with Crippen molar-refractivity contribution in [1.29, 1.82) is 0 Å². The molecule has 0 saturated carbocycles. The van der Waals surface area contributed by atoms with E-state index in [1.54, 1.807) is 0 Å². The van der Waals surface area contributed by atoms with Crippen LogP contribution in [0.3, 0.4) is 0 Å². The molecule has 0 spiro atoms. The summed E-state index contributed by atoms with van der Waals surface area (Å²) < 4.78 is 4.75. The first kappa shape index (κ1) is 26.5. The molecule has 0 bridgehead atoms. The minimum atomic E-state index is 0.307. The maximum atomic E-state index is 7.70. The Bertz CT molecular complexity index is 1940. The molecular formula is C38H36N3+. The van der Waals surface area contributed by atoms with Gasteiger partial charge in [0, 0.05) is 11.1 Å². The van der Waals surface area contributed by atoms with E-state index in [1.165, 1.54) is 49.8 Å². The Hall–Kier alpha value is -4.68. The molecule has 0 saturated heterocycles. The lowest BCUT2D eigenvalue weighted by Gasteiger charge is -2.21. The van der Waals surface area contributed by atoms with Crippen LogP contribution in [0.15, 0.2) is 97.1 Å². The Morgan fingerprint density at radius 3 is 1.93 bits per heavy atom. The lowest BCUT2D eigenvalue weighted by atomic mass is 9.88. The quantitative estimate of drug-likeness (QED) is 0.154. The van der Waals surface area contributed by atoms with Crippen LogP contribution in [0.25, 0.3) is 54.9 Å². The molecule has 0 aliphatic carbocycles. The van der Waals surface area contributed by atoms with E-state index in [1.807, 2.05) is 12.1 Å². The van der Waals surface area contributed by atoms with E-state index in [-0.39, 0.29) is 0 Å². The molecule has 5 aromatic carbocycles. The van der Waals surface area contributed by atoms with E-state index < -0.39 is 0 Å². The van der Waals surface area contributed by atoms with Gasteiger partial charge < -0.3 is 0 Å². The van der Waals surface area contributed by atoms with Crippen molar-refractivity contribution in [3.05, 3.63) is 125 Å². The van der Waals surface area contributed by atoms with Gasteiger partial charge in [0.15, 0.2) is 16.7 Å².